The Hall–Kier alpha value is -2.62. The molecule has 2 aromatic carbocycles. The summed E-state index contributed by atoms with van der Waals surface area (Å²) < 4.78 is 0. The molecule has 0 saturated heterocycles. The van der Waals surface area contributed by atoms with Crippen LogP contribution in [0.25, 0.3) is 0 Å². The van der Waals surface area contributed by atoms with Gasteiger partial charge in [-0.25, -0.2) is 0 Å². The predicted molar refractivity (Wildman–Crippen MR) is 84.3 cm³/mol. The van der Waals surface area contributed by atoms with E-state index in [-0.39, 0.29) is 5.91 Å². The molecule has 0 aliphatic rings. The SMILES string of the molecule is C/C(=N\O)c1ccccc1NC(=O)c1cccc(C)c1C. The summed E-state index contributed by atoms with van der Waals surface area (Å²) in [5.41, 5.74) is 4.44. The molecule has 0 aromatic heterocycles. The van der Waals surface area contributed by atoms with Crippen LogP contribution in [0.2, 0.25) is 0 Å². The third-order valence-corrected chi connectivity index (χ3v) is 3.56. The second-order valence-electron chi connectivity index (χ2n) is 4.93. The Balaban J connectivity index is 2.35. The van der Waals surface area contributed by atoms with Crippen molar-refractivity contribution in [3.05, 3.63) is 64.7 Å². The Morgan fingerprint density at radius 3 is 2.43 bits per heavy atom. The average molecular weight is 282 g/mol. The number of aryl methyl sites for hydroxylation is 1. The van der Waals surface area contributed by atoms with E-state index in [0.717, 1.165) is 11.1 Å². The molecule has 0 heterocycles. The van der Waals surface area contributed by atoms with Gasteiger partial charge < -0.3 is 10.5 Å². The Labute approximate surface area is 124 Å². The van der Waals surface area contributed by atoms with Gasteiger partial charge in [0.15, 0.2) is 0 Å². The number of nitrogens with one attached hydrogen (secondary N) is 1. The number of benzene rings is 2. The van der Waals surface area contributed by atoms with Crippen molar-refractivity contribution in [2.24, 2.45) is 5.16 Å². The minimum absolute atomic E-state index is 0.172. The monoisotopic (exact) mass is 282 g/mol. The highest BCUT2D eigenvalue weighted by atomic mass is 16.4. The molecule has 2 rings (SSSR count). The van der Waals surface area contributed by atoms with Gasteiger partial charge in [0, 0.05) is 11.1 Å². The van der Waals surface area contributed by atoms with Crippen molar-refractivity contribution < 1.29 is 10.0 Å². The summed E-state index contributed by atoms with van der Waals surface area (Å²) in [5.74, 6) is -0.172. The first-order valence-corrected chi connectivity index (χ1v) is 6.70. The normalized spacial score (nSPS) is 11.3. The van der Waals surface area contributed by atoms with Crippen LogP contribution in [0.4, 0.5) is 5.69 Å². The Morgan fingerprint density at radius 1 is 1.05 bits per heavy atom. The average Bonchev–Trinajstić information content (AvgIpc) is 2.49. The molecule has 0 radical (unpaired) electrons. The fourth-order valence-electron chi connectivity index (χ4n) is 2.15. The number of amides is 1. The lowest BCUT2D eigenvalue weighted by molar-refractivity contribution is 0.102. The number of para-hydroxylation sites is 1. The van der Waals surface area contributed by atoms with Crippen LogP contribution in [0.1, 0.15) is 34.0 Å². The third-order valence-electron chi connectivity index (χ3n) is 3.56. The number of carbonyl (C=O) groups excluding carboxylic acids is 1. The fraction of sp³-hybridized carbons (Fsp3) is 0.176. The number of hydrogen-bond donors (Lipinski definition) is 2. The molecule has 0 unspecified atom stereocenters. The van der Waals surface area contributed by atoms with Crippen molar-refractivity contribution in [1.82, 2.24) is 0 Å². The summed E-state index contributed by atoms with van der Waals surface area (Å²) in [6, 6.07) is 12.9. The minimum atomic E-state index is -0.172. The van der Waals surface area contributed by atoms with E-state index in [4.69, 9.17) is 5.21 Å². The molecule has 0 fully saturated rings. The highest BCUT2D eigenvalue weighted by Crippen LogP contribution is 2.19. The van der Waals surface area contributed by atoms with Crippen molar-refractivity contribution in [2.75, 3.05) is 5.32 Å². The van der Waals surface area contributed by atoms with Crippen molar-refractivity contribution >= 4 is 17.3 Å². The van der Waals surface area contributed by atoms with Crippen LogP contribution < -0.4 is 5.32 Å². The van der Waals surface area contributed by atoms with Gasteiger partial charge in [0.2, 0.25) is 0 Å². The molecule has 2 N–H and O–H groups in total. The van der Waals surface area contributed by atoms with Gasteiger partial charge in [0.05, 0.1) is 11.4 Å². The first kappa shape index (κ1) is 14.8. The van der Waals surface area contributed by atoms with E-state index >= 15 is 0 Å². The number of nitrogens with zero attached hydrogens (tertiary/aromatic N) is 1. The zero-order valence-corrected chi connectivity index (χ0v) is 12.3. The summed E-state index contributed by atoms with van der Waals surface area (Å²) in [6.45, 7) is 5.59. The van der Waals surface area contributed by atoms with Crippen LogP contribution in [-0.2, 0) is 0 Å². The zero-order chi connectivity index (χ0) is 15.4. The molecular weight excluding hydrogens is 264 g/mol. The maximum atomic E-state index is 12.4. The molecule has 0 aliphatic carbocycles. The van der Waals surface area contributed by atoms with Crippen molar-refractivity contribution in [3.63, 3.8) is 0 Å². The Kier molecular flexibility index (Phi) is 4.38. The highest BCUT2D eigenvalue weighted by molar-refractivity contribution is 6.10. The van der Waals surface area contributed by atoms with Crippen LogP contribution in [0.5, 0.6) is 0 Å². The maximum Gasteiger partial charge on any atom is 0.255 e. The number of oxime groups is 1. The predicted octanol–water partition coefficient (Wildman–Crippen LogP) is 3.75. The zero-order valence-electron chi connectivity index (χ0n) is 12.3. The van der Waals surface area contributed by atoms with Gasteiger partial charge in [-0.1, -0.05) is 35.5 Å². The molecule has 21 heavy (non-hydrogen) atoms. The summed E-state index contributed by atoms with van der Waals surface area (Å²) in [5, 5.41) is 15.0. The van der Waals surface area contributed by atoms with Gasteiger partial charge in [-0.3, -0.25) is 4.79 Å². The van der Waals surface area contributed by atoms with Gasteiger partial charge in [0.25, 0.3) is 5.91 Å². The van der Waals surface area contributed by atoms with Crippen molar-refractivity contribution in [2.45, 2.75) is 20.8 Å². The first-order valence-electron chi connectivity index (χ1n) is 6.70. The van der Waals surface area contributed by atoms with Gasteiger partial charge in [-0.15, -0.1) is 0 Å². The van der Waals surface area contributed by atoms with Crippen LogP contribution in [0, 0.1) is 13.8 Å². The highest BCUT2D eigenvalue weighted by Gasteiger charge is 2.13. The van der Waals surface area contributed by atoms with Crippen molar-refractivity contribution in [3.8, 4) is 0 Å². The van der Waals surface area contributed by atoms with Crippen LogP contribution in [0.3, 0.4) is 0 Å². The summed E-state index contributed by atoms with van der Waals surface area (Å²) in [6.07, 6.45) is 0. The number of hydrogen-bond acceptors (Lipinski definition) is 3. The third kappa shape index (κ3) is 3.11. The van der Waals surface area contributed by atoms with E-state index in [2.05, 4.69) is 10.5 Å². The number of rotatable bonds is 3. The van der Waals surface area contributed by atoms with Crippen molar-refractivity contribution in [1.29, 1.82) is 0 Å². The lowest BCUT2D eigenvalue weighted by Gasteiger charge is -2.12. The van der Waals surface area contributed by atoms with E-state index < -0.39 is 0 Å². The van der Waals surface area contributed by atoms with Crippen LogP contribution >= 0.6 is 0 Å². The van der Waals surface area contributed by atoms with Crippen LogP contribution in [-0.4, -0.2) is 16.8 Å². The lowest BCUT2D eigenvalue weighted by Crippen LogP contribution is -2.16. The molecule has 1 amide bonds. The smallest absolute Gasteiger partial charge is 0.255 e. The molecule has 0 bridgehead atoms. The fourth-order valence-corrected chi connectivity index (χ4v) is 2.15. The first-order chi connectivity index (χ1) is 10.0. The van der Waals surface area contributed by atoms with E-state index in [1.165, 1.54) is 0 Å². The van der Waals surface area contributed by atoms with Gasteiger partial charge in [-0.05, 0) is 44.0 Å². The Bertz CT molecular complexity index is 706. The molecule has 0 aliphatic heterocycles. The quantitative estimate of drug-likeness (QED) is 0.511. The van der Waals surface area contributed by atoms with E-state index in [1.54, 1.807) is 25.1 Å². The van der Waals surface area contributed by atoms with Gasteiger partial charge >= 0.3 is 0 Å². The summed E-state index contributed by atoms with van der Waals surface area (Å²) in [7, 11) is 0. The molecule has 2 aromatic rings. The van der Waals surface area contributed by atoms with Gasteiger partial charge in [-0.2, -0.15) is 0 Å². The van der Waals surface area contributed by atoms with Gasteiger partial charge in [0.1, 0.15) is 0 Å². The van der Waals surface area contributed by atoms with E-state index in [0.29, 0.717) is 22.5 Å². The van der Waals surface area contributed by atoms with Crippen LogP contribution in [0.15, 0.2) is 47.6 Å². The summed E-state index contributed by atoms with van der Waals surface area (Å²) in [4.78, 5) is 12.4. The summed E-state index contributed by atoms with van der Waals surface area (Å²) >= 11 is 0. The maximum absolute atomic E-state index is 12.4. The molecule has 4 heteroatoms. The number of anilines is 1. The van der Waals surface area contributed by atoms with E-state index in [9.17, 15) is 4.79 Å². The topological polar surface area (TPSA) is 61.7 Å². The molecule has 0 atom stereocenters. The molecule has 4 nitrogen and oxygen atoms in total. The largest absolute Gasteiger partial charge is 0.411 e. The molecule has 108 valence electrons. The standard InChI is InChI=1S/C17H18N2O2/c1-11-7-6-9-14(12(11)2)17(20)18-16-10-5-4-8-15(16)13(3)19-21/h4-10,21H,1-3H3,(H,18,20)/b19-13+. The second kappa shape index (κ2) is 6.22. The Morgan fingerprint density at radius 2 is 1.71 bits per heavy atom. The molecular formula is C17H18N2O2. The molecule has 0 spiro atoms. The van der Waals surface area contributed by atoms with E-state index in [1.807, 2.05) is 38.1 Å². The molecule has 0 saturated carbocycles. The number of carbonyl (C=O) groups is 1. The lowest BCUT2D eigenvalue weighted by atomic mass is 10.0. The minimum Gasteiger partial charge on any atom is -0.411 e. The second-order valence-corrected chi connectivity index (χ2v) is 4.93.